The second kappa shape index (κ2) is 5.87. The Hall–Kier alpha value is -1.29. The number of carboxylic acids is 1. The molecule has 93 valence electrons. The summed E-state index contributed by atoms with van der Waals surface area (Å²) in [4.78, 5) is 12.5. The topological polar surface area (TPSA) is 49.8 Å². The third-order valence-corrected chi connectivity index (χ3v) is 3.05. The highest BCUT2D eigenvalue weighted by Crippen LogP contribution is 2.19. The molecule has 2 aliphatic rings. The number of piperidine rings is 1. The maximum atomic E-state index is 10.6. The van der Waals surface area contributed by atoms with Crippen molar-refractivity contribution in [2.45, 2.75) is 25.4 Å². The number of carbonyl (C=O) groups is 1. The second-order valence-corrected chi connectivity index (χ2v) is 4.42. The zero-order chi connectivity index (χ0) is 12.1. The molecule has 4 nitrogen and oxygen atoms in total. The summed E-state index contributed by atoms with van der Waals surface area (Å²) in [7, 11) is 0. The molecule has 0 bridgehead atoms. The normalized spacial score (nSPS) is 22.2. The molecule has 0 spiro atoms. The number of hydrogen-bond donors (Lipinski definition) is 1. The Kier molecular flexibility index (Phi) is 4.20. The van der Waals surface area contributed by atoms with E-state index < -0.39 is 5.97 Å². The van der Waals surface area contributed by atoms with Crippen LogP contribution in [0.25, 0.3) is 0 Å². The van der Waals surface area contributed by atoms with Gasteiger partial charge in [-0.3, -0.25) is 9.69 Å². The first kappa shape index (κ1) is 12.2. The Bertz CT molecular complexity index is 328. The van der Waals surface area contributed by atoms with Gasteiger partial charge >= 0.3 is 5.97 Å². The highest BCUT2D eigenvalue weighted by atomic mass is 16.5. The van der Waals surface area contributed by atoms with Crippen LogP contribution in [0.2, 0.25) is 0 Å². The van der Waals surface area contributed by atoms with E-state index in [0.29, 0.717) is 0 Å². The number of hydrogen-bond acceptors (Lipinski definition) is 3. The number of aliphatic carboxylic acids is 1. The molecule has 1 heterocycles. The number of likely N-dealkylation sites (tertiary alicyclic amines) is 1. The van der Waals surface area contributed by atoms with Crippen molar-refractivity contribution in [3.63, 3.8) is 0 Å². The smallest absolute Gasteiger partial charge is 0.317 e. The summed E-state index contributed by atoms with van der Waals surface area (Å²) in [5.74, 6) is 0.196. The van der Waals surface area contributed by atoms with Crippen LogP contribution in [-0.2, 0) is 9.53 Å². The molecule has 1 aliphatic carbocycles. The average Bonchev–Trinajstić information content (AvgIpc) is 2.32. The quantitative estimate of drug-likeness (QED) is 0.805. The molecule has 1 N–H and O–H groups in total. The van der Waals surface area contributed by atoms with Gasteiger partial charge in [0.15, 0.2) is 0 Å². The SMILES string of the molecule is O=C(O)CN1CCC(OC2=CC[CH]C=C2)CC1. The number of rotatable bonds is 4. The third-order valence-electron chi connectivity index (χ3n) is 3.05. The van der Waals surface area contributed by atoms with Gasteiger partial charge in [0, 0.05) is 13.1 Å². The molecule has 4 heteroatoms. The van der Waals surface area contributed by atoms with Crippen LogP contribution in [0, 0.1) is 6.42 Å². The number of carboxylic acid groups (broad SMARTS) is 1. The summed E-state index contributed by atoms with van der Waals surface area (Å²) >= 11 is 0. The molecule has 0 amide bonds. The minimum atomic E-state index is -0.752. The fraction of sp³-hybridized carbons (Fsp3) is 0.538. The van der Waals surface area contributed by atoms with E-state index in [1.807, 2.05) is 17.1 Å². The van der Waals surface area contributed by atoms with Crippen LogP contribution < -0.4 is 0 Å². The van der Waals surface area contributed by atoms with E-state index in [4.69, 9.17) is 9.84 Å². The first-order chi connectivity index (χ1) is 8.24. The van der Waals surface area contributed by atoms with Crippen molar-refractivity contribution in [2.75, 3.05) is 19.6 Å². The molecule has 17 heavy (non-hydrogen) atoms. The summed E-state index contributed by atoms with van der Waals surface area (Å²) in [5.41, 5.74) is 0. The zero-order valence-corrected chi connectivity index (χ0v) is 9.84. The molecule has 2 rings (SSSR count). The van der Waals surface area contributed by atoms with Crippen LogP contribution in [0.4, 0.5) is 0 Å². The average molecular weight is 236 g/mol. The lowest BCUT2D eigenvalue weighted by atomic mass is 10.1. The predicted molar refractivity (Wildman–Crippen MR) is 64.3 cm³/mol. The molecule has 1 radical (unpaired) electrons. The molecule has 0 saturated carbocycles. The van der Waals surface area contributed by atoms with Gasteiger partial charge in [-0.25, -0.2) is 0 Å². The molecule has 1 aliphatic heterocycles. The number of ether oxygens (including phenoxy) is 1. The molecule has 0 aromatic heterocycles. The fourth-order valence-corrected chi connectivity index (χ4v) is 2.15. The van der Waals surface area contributed by atoms with E-state index in [-0.39, 0.29) is 12.6 Å². The minimum Gasteiger partial charge on any atom is -0.491 e. The van der Waals surface area contributed by atoms with Gasteiger partial charge in [0.25, 0.3) is 0 Å². The Balaban J connectivity index is 1.73. The standard InChI is InChI=1S/C13H18NO3/c15-13(16)10-14-8-6-12(7-9-14)17-11-4-2-1-3-5-11/h1-2,4-5,12H,3,6-10H2,(H,15,16). The van der Waals surface area contributed by atoms with Crippen molar-refractivity contribution in [3.8, 4) is 0 Å². The van der Waals surface area contributed by atoms with Crippen molar-refractivity contribution in [1.29, 1.82) is 0 Å². The van der Waals surface area contributed by atoms with Gasteiger partial charge in [0.1, 0.15) is 11.9 Å². The third kappa shape index (κ3) is 3.89. The molecule has 1 fully saturated rings. The Morgan fingerprint density at radius 3 is 2.82 bits per heavy atom. The van der Waals surface area contributed by atoms with Crippen LogP contribution in [0.3, 0.4) is 0 Å². The first-order valence-electron chi connectivity index (χ1n) is 6.05. The molecule has 1 saturated heterocycles. The molecule has 0 unspecified atom stereocenters. The van der Waals surface area contributed by atoms with Gasteiger partial charge in [-0.1, -0.05) is 6.08 Å². The Morgan fingerprint density at radius 2 is 2.24 bits per heavy atom. The van der Waals surface area contributed by atoms with Gasteiger partial charge in [-0.2, -0.15) is 0 Å². The molecular formula is C13H18NO3. The van der Waals surface area contributed by atoms with Crippen LogP contribution in [0.5, 0.6) is 0 Å². The lowest BCUT2D eigenvalue weighted by Gasteiger charge is -2.31. The minimum absolute atomic E-state index is 0.143. The van der Waals surface area contributed by atoms with Crippen LogP contribution in [0.15, 0.2) is 24.0 Å². The van der Waals surface area contributed by atoms with E-state index in [2.05, 4.69) is 12.5 Å². The Morgan fingerprint density at radius 1 is 1.47 bits per heavy atom. The van der Waals surface area contributed by atoms with Crippen molar-refractivity contribution < 1.29 is 14.6 Å². The number of allylic oxidation sites excluding steroid dienone is 3. The summed E-state index contributed by atoms with van der Waals surface area (Å²) in [6, 6.07) is 0. The van der Waals surface area contributed by atoms with E-state index in [1.165, 1.54) is 0 Å². The van der Waals surface area contributed by atoms with Gasteiger partial charge < -0.3 is 9.84 Å². The van der Waals surface area contributed by atoms with E-state index in [9.17, 15) is 4.79 Å². The fourth-order valence-electron chi connectivity index (χ4n) is 2.15. The van der Waals surface area contributed by atoms with Crippen molar-refractivity contribution in [2.24, 2.45) is 0 Å². The first-order valence-corrected chi connectivity index (χ1v) is 6.05. The van der Waals surface area contributed by atoms with Crippen molar-refractivity contribution in [3.05, 3.63) is 30.4 Å². The molecule has 0 aromatic carbocycles. The van der Waals surface area contributed by atoms with Crippen LogP contribution in [-0.4, -0.2) is 41.7 Å². The van der Waals surface area contributed by atoms with E-state index in [0.717, 1.165) is 38.1 Å². The monoisotopic (exact) mass is 236 g/mol. The summed E-state index contributed by atoms with van der Waals surface area (Å²) < 4.78 is 5.87. The largest absolute Gasteiger partial charge is 0.491 e. The van der Waals surface area contributed by atoms with E-state index >= 15 is 0 Å². The van der Waals surface area contributed by atoms with Crippen LogP contribution in [0.1, 0.15) is 19.3 Å². The van der Waals surface area contributed by atoms with Crippen molar-refractivity contribution in [1.82, 2.24) is 4.90 Å². The highest BCUT2D eigenvalue weighted by molar-refractivity contribution is 5.69. The van der Waals surface area contributed by atoms with E-state index in [1.54, 1.807) is 0 Å². The number of nitrogens with zero attached hydrogens (tertiary/aromatic N) is 1. The summed E-state index contributed by atoms with van der Waals surface area (Å²) in [6.45, 7) is 1.75. The molecule has 0 aromatic rings. The van der Waals surface area contributed by atoms with Gasteiger partial charge in [0.2, 0.25) is 0 Å². The van der Waals surface area contributed by atoms with Gasteiger partial charge in [0.05, 0.1) is 6.54 Å². The maximum absolute atomic E-state index is 10.6. The Labute approximate surface area is 102 Å². The zero-order valence-electron chi connectivity index (χ0n) is 9.84. The second-order valence-electron chi connectivity index (χ2n) is 4.42. The predicted octanol–water partition coefficient (Wildman–Crippen LogP) is 1.60. The molecule has 0 atom stereocenters. The highest BCUT2D eigenvalue weighted by Gasteiger charge is 2.22. The lowest BCUT2D eigenvalue weighted by molar-refractivity contribution is -0.138. The van der Waals surface area contributed by atoms with Crippen LogP contribution >= 0.6 is 0 Å². The van der Waals surface area contributed by atoms with Gasteiger partial charge in [-0.15, -0.1) is 0 Å². The maximum Gasteiger partial charge on any atom is 0.317 e. The summed E-state index contributed by atoms with van der Waals surface area (Å²) in [6.07, 6.45) is 11.1. The lowest BCUT2D eigenvalue weighted by Crippen LogP contribution is -2.39. The van der Waals surface area contributed by atoms with Crippen molar-refractivity contribution >= 4 is 5.97 Å². The summed E-state index contributed by atoms with van der Waals surface area (Å²) in [5, 5.41) is 8.70. The molecular weight excluding hydrogens is 218 g/mol. The van der Waals surface area contributed by atoms with Gasteiger partial charge in [-0.05, 0) is 37.8 Å².